The van der Waals surface area contributed by atoms with Gasteiger partial charge in [0, 0.05) is 5.56 Å². The zero-order chi connectivity index (χ0) is 15.5. The summed E-state index contributed by atoms with van der Waals surface area (Å²) >= 11 is 0. The second-order valence-electron chi connectivity index (χ2n) is 5.61. The highest BCUT2D eigenvalue weighted by Gasteiger charge is 2.42. The van der Waals surface area contributed by atoms with Crippen LogP contribution < -0.4 is 10.2 Å². The summed E-state index contributed by atoms with van der Waals surface area (Å²) in [6.45, 7) is 2.05. The van der Waals surface area contributed by atoms with Gasteiger partial charge < -0.3 is 5.32 Å². The lowest BCUT2D eigenvalue weighted by Crippen LogP contribution is -2.91. The summed E-state index contributed by atoms with van der Waals surface area (Å²) in [6, 6.07) is 18.9. The smallest absolute Gasteiger partial charge is 0.292 e. The highest BCUT2D eigenvalue weighted by Crippen LogP contribution is 2.21. The van der Waals surface area contributed by atoms with Gasteiger partial charge in [-0.25, -0.2) is 4.90 Å². The molecule has 2 amide bonds. The van der Waals surface area contributed by atoms with Crippen LogP contribution in [0.25, 0.3) is 0 Å². The summed E-state index contributed by atoms with van der Waals surface area (Å²) in [5.74, 6) is -0.253. The number of carbonyl (C=O) groups is 2. The summed E-state index contributed by atoms with van der Waals surface area (Å²) in [7, 11) is 0. The second kappa shape index (κ2) is 6.12. The molecular weight excluding hydrogens is 276 g/mol. The first-order valence-electron chi connectivity index (χ1n) is 7.48. The maximum absolute atomic E-state index is 12.6. The summed E-state index contributed by atoms with van der Waals surface area (Å²) in [5.41, 5.74) is 1.81. The van der Waals surface area contributed by atoms with Crippen molar-refractivity contribution in [2.24, 2.45) is 0 Å². The third-order valence-corrected chi connectivity index (χ3v) is 4.04. The van der Waals surface area contributed by atoms with Gasteiger partial charge in [0.1, 0.15) is 6.04 Å². The van der Waals surface area contributed by atoms with Gasteiger partial charge in [0.25, 0.3) is 5.91 Å². The molecule has 2 aromatic rings. The molecule has 2 atom stereocenters. The van der Waals surface area contributed by atoms with Gasteiger partial charge in [-0.15, -0.1) is 0 Å². The average Bonchev–Trinajstić information content (AvgIpc) is 2.83. The van der Waals surface area contributed by atoms with Crippen LogP contribution in [0.1, 0.15) is 24.9 Å². The Balaban J connectivity index is 1.74. The first kappa shape index (κ1) is 14.5. The number of nitrogens with two attached hydrogens (primary N) is 1. The third kappa shape index (κ3) is 2.78. The molecule has 0 unspecified atom stereocenters. The van der Waals surface area contributed by atoms with Gasteiger partial charge in [0.05, 0.1) is 12.1 Å². The van der Waals surface area contributed by atoms with Crippen LogP contribution in [0.3, 0.4) is 0 Å². The van der Waals surface area contributed by atoms with E-state index in [4.69, 9.17) is 0 Å². The number of anilines is 1. The molecule has 2 N–H and O–H groups in total. The van der Waals surface area contributed by atoms with Crippen molar-refractivity contribution in [3.8, 4) is 0 Å². The standard InChI is InChI=1S/C18H18N2O2/c1-13(14-8-4-2-5-9-14)19-16-12-17(21)20(18(16)22)15-10-6-3-7-11-15/h2-11,13,16,19H,12H2,1H3/p+1/t13-,16+/m0/s1. The van der Waals surface area contributed by atoms with Crippen molar-refractivity contribution in [1.82, 2.24) is 0 Å². The monoisotopic (exact) mass is 295 g/mol. The molecule has 2 aromatic carbocycles. The van der Waals surface area contributed by atoms with Gasteiger partial charge in [-0.1, -0.05) is 48.5 Å². The van der Waals surface area contributed by atoms with Crippen LogP contribution in [0.15, 0.2) is 60.7 Å². The molecule has 1 aliphatic rings. The number of rotatable bonds is 4. The fraction of sp³-hybridized carbons (Fsp3) is 0.222. The van der Waals surface area contributed by atoms with Crippen LogP contribution >= 0.6 is 0 Å². The van der Waals surface area contributed by atoms with Crippen LogP contribution in [0, 0.1) is 0 Å². The van der Waals surface area contributed by atoms with E-state index in [2.05, 4.69) is 6.92 Å². The SMILES string of the molecule is C[C@H]([NH2+][C@@H]1CC(=O)N(c2ccccc2)C1=O)c1ccccc1. The van der Waals surface area contributed by atoms with Crippen molar-refractivity contribution in [2.45, 2.75) is 25.4 Å². The molecule has 3 rings (SSSR count). The summed E-state index contributed by atoms with van der Waals surface area (Å²) in [5, 5.41) is 1.98. The topological polar surface area (TPSA) is 54.0 Å². The van der Waals surface area contributed by atoms with E-state index in [9.17, 15) is 9.59 Å². The van der Waals surface area contributed by atoms with Gasteiger partial charge in [-0.2, -0.15) is 0 Å². The minimum absolute atomic E-state index is 0.126. The Bertz CT molecular complexity index is 670. The number of imide groups is 1. The molecule has 0 bridgehead atoms. The Hall–Kier alpha value is -2.46. The number of hydrogen-bond donors (Lipinski definition) is 1. The lowest BCUT2D eigenvalue weighted by Gasteiger charge is -2.16. The molecule has 22 heavy (non-hydrogen) atoms. The van der Waals surface area contributed by atoms with Crippen molar-refractivity contribution >= 4 is 17.5 Å². The zero-order valence-electron chi connectivity index (χ0n) is 12.5. The second-order valence-corrected chi connectivity index (χ2v) is 5.61. The van der Waals surface area contributed by atoms with Crippen molar-refractivity contribution in [3.05, 3.63) is 66.2 Å². The minimum atomic E-state index is -0.345. The van der Waals surface area contributed by atoms with Crippen LogP contribution in [0.2, 0.25) is 0 Å². The number of amides is 2. The van der Waals surface area contributed by atoms with Crippen molar-refractivity contribution < 1.29 is 14.9 Å². The molecule has 4 heteroatoms. The lowest BCUT2D eigenvalue weighted by molar-refractivity contribution is -0.711. The molecule has 0 aliphatic carbocycles. The minimum Gasteiger partial charge on any atom is -0.330 e. The molecule has 0 radical (unpaired) electrons. The number of carbonyl (C=O) groups excluding carboxylic acids is 2. The van der Waals surface area contributed by atoms with Gasteiger partial charge >= 0.3 is 0 Å². The van der Waals surface area contributed by atoms with E-state index < -0.39 is 0 Å². The van der Waals surface area contributed by atoms with E-state index >= 15 is 0 Å². The largest absolute Gasteiger partial charge is 0.330 e. The Kier molecular flexibility index (Phi) is 4.02. The lowest BCUT2D eigenvalue weighted by atomic mass is 10.1. The number of para-hydroxylation sites is 1. The quantitative estimate of drug-likeness (QED) is 0.872. The maximum Gasteiger partial charge on any atom is 0.292 e. The zero-order valence-corrected chi connectivity index (χ0v) is 12.5. The molecule has 0 aromatic heterocycles. The number of benzene rings is 2. The predicted molar refractivity (Wildman–Crippen MR) is 84.1 cm³/mol. The molecule has 1 fully saturated rings. The Labute approximate surface area is 129 Å². The van der Waals surface area contributed by atoms with Gasteiger partial charge in [-0.3, -0.25) is 9.59 Å². The summed E-state index contributed by atoms with van der Waals surface area (Å²) in [4.78, 5) is 26.1. The molecule has 0 spiro atoms. The fourth-order valence-electron chi connectivity index (χ4n) is 2.87. The normalized spacial score (nSPS) is 19.5. The number of quaternary nitrogens is 1. The van der Waals surface area contributed by atoms with Crippen molar-refractivity contribution in [2.75, 3.05) is 4.90 Å². The van der Waals surface area contributed by atoms with Gasteiger partial charge in [0.15, 0.2) is 6.04 Å². The molecule has 1 saturated heterocycles. The van der Waals surface area contributed by atoms with E-state index in [-0.39, 0.29) is 30.3 Å². The van der Waals surface area contributed by atoms with E-state index in [1.54, 1.807) is 12.1 Å². The summed E-state index contributed by atoms with van der Waals surface area (Å²) in [6.07, 6.45) is 0.255. The van der Waals surface area contributed by atoms with Crippen LogP contribution in [-0.4, -0.2) is 17.9 Å². The molecule has 1 heterocycles. The molecule has 4 nitrogen and oxygen atoms in total. The highest BCUT2D eigenvalue weighted by molar-refractivity contribution is 6.21. The van der Waals surface area contributed by atoms with Crippen molar-refractivity contribution in [1.29, 1.82) is 0 Å². The van der Waals surface area contributed by atoms with E-state index in [0.29, 0.717) is 5.69 Å². The Morgan fingerprint density at radius 2 is 1.59 bits per heavy atom. The van der Waals surface area contributed by atoms with Crippen LogP contribution in [0.5, 0.6) is 0 Å². The van der Waals surface area contributed by atoms with Gasteiger partial charge in [-0.05, 0) is 19.1 Å². The molecule has 112 valence electrons. The molecule has 1 aliphatic heterocycles. The van der Waals surface area contributed by atoms with Crippen LogP contribution in [0.4, 0.5) is 5.69 Å². The predicted octanol–water partition coefficient (Wildman–Crippen LogP) is 1.64. The average molecular weight is 295 g/mol. The third-order valence-electron chi connectivity index (χ3n) is 4.04. The highest BCUT2D eigenvalue weighted by atomic mass is 16.2. The molecule has 0 saturated carbocycles. The van der Waals surface area contributed by atoms with Gasteiger partial charge in [0.2, 0.25) is 5.91 Å². The fourth-order valence-corrected chi connectivity index (χ4v) is 2.87. The van der Waals surface area contributed by atoms with E-state index in [1.165, 1.54) is 4.90 Å². The van der Waals surface area contributed by atoms with E-state index in [1.807, 2.05) is 53.8 Å². The van der Waals surface area contributed by atoms with Crippen molar-refractivity contribution in [3.63, 3.8) is 0 Å². The first-order chi connectivity index (χ1) is 10.7. The van der Waals surface area contributed by atoms with Crippen LogP contribution in [-0.2, 0) is 9.59 Å². The maximum atomic E-state index is 12.6. The number of hydrogen-bond acceptors (Lipinski definition) is 2. The Morgan fingerprint density at radius 1 is 1.00 bits per heavy atom. The Morgan fingerprint density at radius 3 is 2.23 bits per heavy atom. The summed E-state index contributed by atoms with van der Waals surface area (Å²) < 4.78 is 0. The first-order valence-corrected chi connectivity index (χ1v) is 7.48. The number of nitrogens with zero attached hydrogens (tertiary/aromatic N) is 1. The molecular formula is C18H19N2O2+. The van der Waals surface area contributed by atoms with E-state index in [0.717, 1.165) is 5.56 Å².